The zero-order chi connectivity index (χ0) is 48.5. The van der Waals surface area contributed by atoms with Crippen LogP contribution in [-0.4, -0.2) is 112 Å². The van der Waals surface area contributed by atoms with Gasteiger partial charge in [-0.05, 0) is 72.9 Å². The Morgan fingerprint density at radius 1 is 0.955 bits per heavy atom. The molecule has 17 nitrogen and oxygen atoms in total. The number of sulfone groups is 1. The molecular formula is C46H54N5O12S3+. The van der Waals surface area contributed by atoms with E-state index in [0.29, 0.717) is 63.7 Å². The van der Waals surface area contributed by atoms with E-state index in [1.54, 1.807) is 48.7 Å². The molecule has 3 amide bonds. The van der Waals surface area contributed by atoms with E-state index in [1.807, 2.05) is 62.1 Å². The van der Waals surface area contributed by atoms with Gasteiger partial charge in [-0.25, -0.2) is 18.3 Å². The van der Waals surface area contributed by atoms with Crippen molar-refractivity contribution in [3.8, 4) is 0 Å². The van der Waals surface area contributed by atoms with Gasteiger partial charge in [0.1, 0.15) is 9.84 Å². The number of nitrogens with zero attached hydrogens (tertiary/aromatic N) is 4. The third-order valence-corrected chi connectivity index (χ3v) is 13.7. The fraction of sp³-hybridized carbons (Fsp3) is 0.370. The quantitative estimate of drug-likeness (QED) is 0.0340. The predicted octanol–water partition coefficient (Wildman–Crippen LogP) is 4.99. The second kappa shape index (κ2) is 21.6. The summed E-state index contributed by atoms with van der Waals surface area (Å²) in [5.74, 6) is -2.96. The number of carbonyl (C=O) groups is 4. The monoisotopic (exact) mass is 964 g/mol. The molecule has 0 saturated carbocycles. The van der Waals surface area contributed by atoms with Gasteiger partial charge in [-0.1, -0.05) is 56.4 Å². The Labute approximate surface area is 389 Å². The molecule has 1 atom stereocenters. The van der Waals surface area contributed by atoms with Crippen LogP contribution in [-0.2, 0) is 65.3 Å². The number of nitrogens with one attached hydrogen (secondary N) is 1. The number of likely N-dealkylation sites (N-methyl/N-ethyl adjacent to an activating group) is 1. The van der Waals surface area contributed by atoms with Crippen LogP contribution in [0.15, 0.2) is 124 Å². The van der Waals surface area contributed by atoms with Crippen LogP contribution in [0.2, 0.25) is 0 Å². The van der Waals surface area contributed by atoms with E-state index in [4.69, 9.17) is 14.7 Å². The third-order valence-electron chi connectivity index (χ3n) is 11.4. The molecule has 1 saturated heterocycles. The van der Waals surface area contributed by atoms with Crippen molar-refractivity contribution in [3.63, 3.8) is 0 Å². The first-order valence-electron chi connectivity index (χ1n) is 20.9. The molecule has 20 heteroatoms. The molecule has 0 aromatic heterocycles. The van der Waals surface area contributed by atoms with Gasteiger partial charge in [0, 0.05) is 84.3 Å². The smallest absolute Gasteiger partial charge is 0.390 e. The van der Waals surface area contributed by atoms with Gasteiger partial charge in [0.15, 0.2) is 0 Å². The van der Waals surface area contributed by atoms with Gasteiger partial charge in [-0.3, -0.25) is 28.8 Å². The number of carbonyl (C=O) groups excluding carboxylic acids is 4. The van der Waals surface area contributed by atoms with Crippen molar-refractivity contribution in [2.75, 3.05) is 56.5 Å². The fourth-order valence-corrected chi connectivity index (χ4v) is 9.07. The van der Waals surface area contributed by atoms with Gasteiger partial charge in [0.2, 0.25) is 0 Å². The SMILES string of the molecule is CON(C)C(=O)C(=CNCCCS(C)(=O)=O)C=C1CN=C(C=CC=CC=CC=C2N(CCCS(=O)(=O)O)c3ccc([S+]=O)cc3C2(C)c2ccc(C(=O)ON3C(=O)CCC3=O)cc2)C1(C)C. The Morgan fingerprint density at radius 3 is 2.26 bits per heavy atom. The first-order chi connectivity index (χ1) is 31.1. The van der Waals surface area contributed by atoms with Gasteiger partial charge in [-0.15, -0.1) is 5.06 Å². The average molecular weight is 965 g/mol. The number of hydrogen-bond donors (Lipinski definition) is 2. The summed E-state index contributed by atoms with van der Waals surface area (Å²) in [6.45, 7) is 6.84. The molecule has 1 unspecified atom stereocenters. The molecule has 0 bridgehead atoms. The normalized spacial score (nSPS) is 20.0. The highest BCUT2D eigenvalue weighted by atomic mass is 32.2. The third kappa shape index (κ3) is 12.5. The van der Waals surface area contributed by atoms with Gasteiger partial charge in [0.25, 0.3) is 32.7 Å². The second-order valence-electron chi connectivity index (χ2n) is 16.4. The van der Waals surface area contributed by atoms with Crippen LogP contribution in [0.1, 0.15) is 67.9 Å². The number of aliphatic imine (C=N–C) groups is 1. The number of anilines is 1. The van der Waals surface area contributed by atoms with Crippen LogP contribution in [0.5, 0.6) is 0 Å². The number of fused-ring (bicyclic) bond motifs is 1. The van der Waals surface area contributed by atoms with Crippen molar-refractivity contribution in [1.29, 1.82) is 0 Å². The average Bonchev–Trinajstić information content (AvgIpc) is 3.83. The molecule has 0 aliphatic carbocycles. The maximum atomic E-state index is 13.2. The zero-order valence-electron chi connectivity index (χ0n) is 37.6. The lowest BCUT2D eigenvalue weighted by atomic mass is 9.75. The van der Waals surface area contributed by atoms with Crippen molar-refractivity contribution < 1.29 is 54.5 Å². The van der Waals surface area contributed by atoms with Crippen LogP contribution >= 0.6 is 0 Å². The maximum absolute atomic E-state index is 13.2. The number of amides is 3. The van der Waals surface area contributed by atoms with E-state index in [1.165, 1.54) is 32.5 Å². The van der Waals surface area contributed by atoms with E-state index in [-0.39, 0.29) is 37.1 Å². The highest BCUT2D eigenvalue weighted by Crippen LogP contribution is 2.52. The highest BCUT2D eigenvalue weighted by Gasteiger charge is 2.46. The molecule has 2 N–H and O–H groups in total. The summed E-state index contributed by atoms with van der Waals surface area (Å²) < 4.78 is 68.1. The Kier molecular flexibility index (Phi) is 16.7. The standard InChI is InChI=1S/C46H53N5O12S3/c1-45(2)35(28-33(43(54)49(4)62-5)30-47-24-12-26-65(6,57)58)31-48-39(45)14-10-8-7-9-11-15-40-46(3,34-18-16-32(17-19-34)44(55)63-51-41(52)22-23-42(51)53)37-29-36(64-56)20-21-38(37)50(40)25-13-27-66(59,60)61/h7-11,14-21,28-30H,12-13,22-27,31H2,1-6H3,(H-,47,54,59,60,61)/p+1. The number of rotatable bonds is 20. The lowest BCUT2D eigenvalue weighted by Gasteiger charge is -2.31. The van der Waals surface area contributed by atoms with Crippen molar-refractivity contribution in [2.45, 2.75) is 56.8 Å². The summed E-state index contributed by atoms with van der Waals surface area (Å²) in [6.07, 6.45) is 17.7. The minimum atomic E-state index is -4.26. The van der Waals surface area contributed by atoms with Crippen molar-refractivity contribution in [3.05, 3.63) is 131 Å². The molecule has 2 aromatic rings. The number of imide groups is 1. The lowest BCUT2D eigenvalue weighted by Crippen LogP contribution is -2.32. The van der Waals surface area contributed by atoms with Crippen LogP contribution < -0.4 is 10.2 Å². The summed E-state index contributed by atoms with van der Waals surface area (Å²) >= 11 is 0.321. The minimum Gasteiger partial charge on any atom is -0.390 e. The molecular weight excluding hydrogens is 911 g/mol. The number of benzene rings is 2. The molecule has 3 heterocycles. The van der Waals surface area contributed by atoms with E-state index >= 15 is 0 Å². The molecule has 0 radical (unpaired) electrons. The molecule has 3 aliphatic heterocycles. The van der Waals surface area contributed by atoms with Crippen molar-refractivity contribution >= 4 is 66.7 Å². The summed E-state index contributed by atoms with van der Waals surface area (Å²) in [5.41, 5.74) is 3.43. The van der Waals surface area contributed by atoms with Gasteiger partial charge < -0.3 is 15.1 Å². The first kappa shape index (κ1) is 51.1. The molecule has 66 heavy (non-hydrogen) atoms. The molecule has 1 fully saturated rings. The predicted molar refractivity (Wildman–Crippen MR) is 250 cm³/mol. The van der Waals surface area contributed by atoms with Crippen LogP contribution in [0.4, 0.5) is 5.69 Å². The first-order valence-corrected chi connectivity index (χ1v) is 25.3. The molecule has 3 aliphatic rings. The lowest BCUT2D eigenvalue weighted by molar-refractivity contribution is -0.172. The van der Waals surface area contributed by atoms with Crippen LogP contribution in [0.3, 0.4) is 0 Å². The number of hydrogen-bond acceptors (Lipinski definition) is 14. The van der Waals surface area contributed by atoms with Crippen LogP contribution in [0, 0.1) is 5.41 Å². The zero-order valence-corrected chi connectivity index (χ0v) is 40.0. The van der Waals surface area contributed by atoms with E-state index in [0.717, 1.165) is 21.9 Å². The second-order valence-corrected chi connectivity index (χ2v) is 20.9. The highest BCUT2D eigenvalue weighted by molar-refractivity contribution is 7.90. The van der Waals surface area contributed by atoms with Crippen molar-refractivity contribution in [1.82, 2.24) is 15.4 Å². The Morgan fingerprint density at radius 2 is 1.62 bits per heavy atom. The molecule has 352 valence electrons. The Hall–Kier alpha value is -5.93. The molecule has 2 aromatic carbocycles. The molecule has 0 spiro atoms. The van der Waals surface area contributed by atoms with Gasteiger partial charge in [-0.2, -0.15) is 8.42 Å². The maximum Gasteiger partial charge on any atom is 0.505 e. The Bertz CT molecular complexity index is 2670. The van der Waals surface area contributed by atoms with Crippen molar-refractivity contribution in [2.24, 2.45) is 10.4 Å². The number of allylic oxidation sites excluding steroid dienone is 8. The Balaban J connectivity index is 1.39. The van der Waals surface area contributed by atoms with Gasteiger partial charge in [0.05, 0.1) is 41.7 Å². The number of hydroxylamine groups is 4. The van der Waals surface area contributed by atoms with Gasteiger partial charge >= 0.3 is 17.6 Å². The van der Waals surface area contributed by atoms with E-state index in [2.05, 4.69) is 5.32 Å². The van der Waals surface area contributed by atoms with Crippen LogP contribution in [0.25, 0.3) is 0 Å². The topological polar surface area (TPSA) is 226 Å². The van der Waals surface area contributed by atoms with E-state index < -0.39 is 60.2 Å². The molecule has 5 rings (SSSR count). The summed E-state index contributed by atoms with van der Waals surface area (Å²) in [4.78, 5) is 67.6. The van der Waals surface area contributed by atoms with E-state index in [9.17, 15) is 44.8 Å². The summed E-state index contributed by atoms with van der Waals surface area (Å²) in [6, 6.07) is 11.7. The minimum absolute atomic E-state index is 0.0170. The summed E-state index contributed by atoms with van der Waals surface area (Å²) in [5, 5.41) is 4.61. The summed E-state index contributed by atoms with van der Waals surface area (Å²) in [7, 11) is -4.50. The largest absolute Gasteiger partial charge is 0.505 e. The fourth-order valence-electron chi connectivity index (χ4n) is 7.62.